The van der Waals surface area contributed by atoms with E-state index in [9.17, 15) is 10.2 Å². The first kappa shape index (κ1) is 10.5. The van der Waals surface area contributed by atoms with Gasteiger partial charge in [0, 0.05) is 0 Å². The molecule has 0 bridgehead atoms. The Labute approximate surface area is 82.0 Å². The summed E-state index contributed by atoms with van der Waals surface area (Å²) in [5, 5.41) is 24.5. The summed E-state index contributed by atoms with van der Waals surface area (Å²) in [7, 11) is 0. The Kier molecular flexibility index (Phi) is 4.21. The van der Waals surface area contributed by atoms with Crippen molar-refractivity contribution in [2.24, 2.45) is 0 Å². The smallest absolute Gasteiger partial charge is 0.151 e. The van der Waals surface area contributed by atoms with E-state index in [2.05, 4.69) is 5.32 Å². The first-order valence-corrected chi connectivity index (χ1v) is 5.28. The molecule has 0 saturated heterocycles. The number of nitrogens with one attached hydrogen (secondary N) is 1. The molecule has 2 atom stereocenters. The van der Waals surface area contributed by atoms with Gasteiger partial charge in [-0.15, -0.1) is 11.3 Å². The summed E-state index contributed by atoms with van der Waals surface area (Å²) >= 11 is 1.50. The lowest BCUT2D eigenvalue weighted by atomic mass is 10.2. The molecule has 0 aliphatic rings. The molecule has 0 saturated carbocycles. The molecule has 3 nitrogen and oxygen atoms in total. The summed E-state index contributed by atoms with van der Waals surface area (Å²) in [5.41, 5.74) is 0. The first-order valence-electron chi connectivity index (χ1n) is 4.40. The molecule has 1 heterocycles. The van der Waals surface area contributed by atoms with Crippen LogP contribution in [0.15, 0.2) is 17.5 Å². The molecule has 0 aliphatic heterocycles. The van der Waals surface area contributed by atoms with Gasteiger partial charge in [0.25, 0.3) is 0 Å². The zero-order valence-corrected chi connectivity index (χ0v) is 8.42. The third-order valence-corrected chi connectivity index (χ3v) is 2.56. The van der Waals surface area contributed by atoms with Crippen molar-refractivity contribution in [1.82, 2.24) is 0 Å². The largest absolute Gasteiger partial charge is 0.388 e. The lowest BCUT2D eigenvalue weighted by molar-refractivity contribution is 0.0316. The molecule has 3 N–H and O–H groups in total. The van der Waals surface area contributed by atoms with Gasteiger partial charge in [0.2, 0.25) is 0 Å². The number of hydrogen-bond acceptors (Lipinski definition) is 4. The van der Waals surface area contributed by atoms with Crippen molar-refractivity contribution in [3.8, 4) is 0 Å². The second kappa shape index (κ2) is 5.21. The maximum Gasteiger partial charge on any atom is 0.151 e. The average molecular weight is 201 g/mol. The van der Waals surface area contributed by atoms with Crippen LogP contribution in [-0.2, 0) is 0 Å². The molecule has 0 amide bonds. The van der Waals surface area contributed by atoms with Crippen LogP contribution in [-0.4, -0.2) is 22.5 Å². The topological polar surface area (TPSA) is 52.5 Å². The predicted molar refractivity (Wildman–Crippen MR) is 54.9 cm³/mol. The minimum Gasteiger partial charge on any atom is -0.388 e. The molecule has 0 radical (unpaired) electrons. The molecule has 1 aromatic heterocycles. The van der Waals surface area contributed by atoms with Crippen molar-refractivity contribution in [1.29, 1.82) is 0 Å². The van der Waals surface area contributed by atoms with Crippen LogP contribution >= 0.6 is 11.3 Å². The summed E-state index contributed by atoms with van der Waals surface area (Å²) in [6.07, 6.45) is -0.0742. The Hall–Kier alpha value is -0.580. The zero-order chi connectivity index (χ0) is 9.68. The standard InChI is InChI=1S/C9H15NO2S/c1-2-4-7(11)9(12)10-8-5-3-6-13-8/h3,5-7,9-12H,2,4H2,1H3. The van der Waals surface area contributed by atoms with E-state index >= 15 is 0 Å². The summed E-state index contributed by atoms with van der Waals surface area (Å²) in [6, 6.07) is 3.76. The Bertz CT molecular complexity index is 226. The lowest BCUT2D eigenvalue weighted by Gasteiger charge is -2.18. The van der Waals surface area contributed by atoms with Gasteiger partial charge >= 0.3 is 0 Å². The number of aliphatic hydroxyl groups is 2. The molecule has 1 aromatic rings. The minimum atomic E-state index is -0.862. The highest BCUT2D eigenvalue weighted by atomic mass is 32.1. The molecule has 0 aliphatic carbocycles. The summed E-state index contributed by atoms with van der Waals surface area (Å²) in [6.45, 7) is 1.97. The van der Waals surface area contributed by atoms with Crippen molar-refractivity contribution < 1.29 is 10.2 Å². The van der Waals surface area contributed by atoms with Gasteiger partial charge in [-0.1, -0.05) is 13.3 Å². The summed E-state index contributed by atoms with van der Waals surface area (Å²) < 4.78 is 0. The summed E-state index contributed by atoms with van der Waals surface area (Å²) in [5.74, 6) is 0. The van der Waals surface area contributed by atoms with Crippen LogP contribution < -0.4 is 5.32 Å². The van der Waals surface area contributed by atoms with Crippen LogP contribution in [0.4, 0.5) is 5.00 Å². The normalized spacial score (nSPS) is 15.3. The van der Waals surface area contributed by atoms with Gasteiger partial charge in [0.05, 0.1) is 11.1 Å². The van der Waals surface area contributed by atoms with E-state index in [4.69, 9.17) is 0 Å². The Balaban J connectivity index is 2.36. The minimum absolute atomic E-state index is 0.611. The number of aliphatic hydroxyl groups excluding tert-OH is 2. The predicted octanol–water partition coefficient (Wildman–Crippen LogP) is 1.64. The number of rotatable bonds is 5. The van der Waals surface area contributed by atoms with Gasteiger partial charge < -0.3 is 15.5 Å². The highest BCUT2D eigenvalue weighted by molar-refractivity contribution is 7.14. The highest BCUT2D eigenvalue weighted by Crippen LogP contribution is 2.17. The Morgan fingerprint density at radius 3 is 2.85 bits per heavy atom. The molecule has 1 rings (SSSR count). The second-order valence-corrected chi connectivity index (χ2v) is 3.87. The molecule has 0 spiro atoms. The van der Waals surface area contributed by atoms with E-state index in [1.165, 1.54) is 11.3 Å². The van der Waals surface area contributed by atoms with Crippen molar-refractivity contribution >= 4 is 16.3 Å². The fourth-order valence-corrected chi connectivity index (χ4v) is 1.71. The fourth-order valence-electron chi connectivity index (χ4n) is 1.06. The maximum absolute atomic E-state index is 9.47. The van der Waals surface area contributed by atoms with E-state index in [1.807, 2.05) is 24.4 Å². The van der Waals surface area contributed by atoms with Gasteiger partial charge in [-0.05, 0) is 23.9 Å². The average Bonchev–Trinajstić information content (AvgIpc) is 2.57. The number of thiophene rings is 1. The molecule has 0 fully saturated rings. The van der Waals surface area contributed by atoms with Crippen LogP contribution in [0.2, 0.25) is 0 Å². The van der Waals surface area contributed by atoms with Crippen LogP contribution in [0.3, 0.4) is 0 Å². The Morgan fingerprint density at radius 1 is 1.54 bits per heavy atom. The molecule has 13 heavy (non-hydrogen) atoms. The molecule has 4 heteroatoms. The van der Waals surface area contributed by atoms with E-state index in [0.29, 0.717) is 6.42 Å². The van der Waals surface area contributed by atoms with Gasteiger partial charge in [0.1, 0.15) is 0 Å². The maximum atomic E-state index is 9.47. The second-order valence-electron chi connectivity index (χ2n) is 2.92. The van der Waals surface area contributed by atoms with Crippen molar-refractivity contribution in [2.75, 3.05) is 5.32 Å². The van der Waals surface area contributed by atoms with E-state index in [1.54, 1.807) is 0 Å². The number of hydrogen-bond donors (Lipinski definition) is 3. The van der Waals surface area contributed by atoms with Crippen LogP contribution in [0, 0.1) is 0 Å². The SMILES string of the molecule is CCCC(O)C(O)Nc1cccs1. The van der Waals surface area contributed by atoms with Crippen LogP contribution in [0.5, 0.6) is 0 Å². The molecular weight excluding hydrogens is 186 g/mol. The van der Waals surface area contributed by atoms with E-state index in [0.717, 1.165) is 11.4 Å². The fraction of sp³-hybridized carbons (Fsp3) is 0.556. The summed E-state index contributed by atoms with van der Waals surface area (Å²) in [4.78, 5) is 0. The highest BCUT2D eigenvalue weighted by Gasteiger charge is 2.14. The van der Waals surface area contributed by atoms with Crippen LogP contribution in [0.25, 0.3) is 0 Å². The van der Waals surface area contributed by atoms with Gasteiger partial charge in [-0.3, -0.25) is 0 Å². The van der Waals surface area contributed by atoms with Crippen molar-refractivity contribution in [3.05, 3.63) is 17.5 Å². The molecule has 74 valence electrons. The Morgan fingerprint density at radius 2 is 2.31 bits per heavy atom. The van der Waals surface area contributed by atoms with Crippen molar-refractivity contribution in [2.45, 2.75) is 32.1 Å². The third-order valence-electron chi connectivity index (χ3n) is 1.76. The molecular formula is C9H15NO2S. The van der Waals surface area contributed by atoms with Gasteiger partial charge in [0.15, 0.2) is 6.23 Å². The van der Waals surface area contributed by atoms with E-state index in [-0.39, 0.29) is 0 Å². The zero-order valence-electron chi connectivity index (χ0n) is 7.60. The molecule has 0 aromatic carbocycles. The van der Waals surface area contributed by atoms with Crippen molar-refractivity contribution in [3.63, 3.8) is 0 Å². The first-order chi connectivity index (χ1) is 6.24. The lowest BCUT2D eigenvalue weighted by Crippen LogP contribution is -2.32. The molecule has 2 unspecified atom stereocenters. The third kappa shape index (κ3) is 3.34. The monoisotopic (exact) mass is 201 g/mol. The van der Waals surface area contributed by atoms with Crippen LogP contribution in [0.1, 0.15) is 19.8 Å². The van der Waals surface area contributed by atoms with E-state index < -0.39 is 12.3 Å². The van der Waals surface area contributed by atoms with Gasteiger partial charge in [-0.2, -0.15) is 0 Å². The number of anilines is 1. The van der Waals surface area contributed by atoms with Gasteiger partial charge in [-0.25, -0.2) is 0 Å². The quantitative estimate of drug-likeness (QED) is 0.635.